The van der Waals surface area contributed by atoms with Gasteiger partial charge >= 0.3 is 5.97 Å². The molecule has 0 saturated heterocycles. The minimum atomic E-state index is -0.774. The van der Waals surface area contributed by atoms with Crippen LogP contribution in [0.3, 0.4) is 0 Å². The minimum Gasteiger partial charge on any atom is -0.481 e. The highest BCUT2D eigenvalue weighted by Crippen LogP contribution is 2.45. The average Bonchev–Trinajstić information content (AvgIpc) is 2.92. The number of hydrogen-bond donors (Lipinski definition) is 2. The maximum Gasteiger partial charge on any atom is 0.311 e. The second-order valence-corrected chi connectivity index (χ2v) is 5.54. The van der Waals surface area contributed by atoms with E-state index in [0.29, 0.717) is 19.4 Å². The molecular formula is C12H19NO3. The van der Waals surface area contributed by atoms with Gasteiger partial charge < -0.3 is 10.4 Å². The van der Waals surface area contributed by atoms with Gasteiger partial charge in [-0.3, -0.25) is 9.59 Å². The molecule has 0 aromatic carbocycles. The number of carbonyl (C=O) groups excluding carboxylic acids is 1. The standard InChI is InChI=1S/C12H19NO3/c1-11(4-2-3-5-11)9(14)13-8-12(6-7-12)10(15)16/h2-8H2,1H3,(H,13,14)(H,15,16). The van der Waals surface area contributed by atoms with Crippen LogP contribution in [-0.2, 0) is 9.59 Å². The van der Waals surface area contributed by atoms with Gasteiger partial charge in [0.2, 0.25) is 5.91 Å². The van der Waals surface area contributed by atoms with Crippen LogP contribution >= 0.6 is 0 Å². The molecule has 0 unspecified atom stereocenters. The fourth-order valence-electron chi connectivity index (χ4n) is 2.46. The Morgan fingerprint density at radius 2 is 1.75 bits per heavy atom. The summed E-state index contributed by atoms with van der Waals surface area (Å²) in [6.07, 6.45) is 5.46. The maximum atomic E-state index is 12.0. The third-order valence-corrected chi connectivity index (χ3v) is 4.15. The summed E-state index contributed by atoms with van der Waals surface area (Å²) < 4.78 is 0. The van der Waals surface area contributed by atoms with Crippen LogP contribution in [0, 0.1) is 10.8 Å². The largest absolute Gasteiger partial charge is 0.481 e. The Morgan fingerprint density at radius 1 is 1.19 bits per heavy atom. The van der Waals surface area contributed by atoms with Crippen LogP contribution in [0.15, 0.2) is 0 Å². The van der Waals surface area contributed by atoms with Crippen molar-refractivity contribution < 1.29 is 14.7 Å². The lowest BCUT2D eigenvalue weighted by Gasteiger charge is -2.23. The molecule has 0 aromatic heterocycles. The van der Waals surface area contributed by atoms with E-state index >= 15 is 0 Å². The van der Waals surface area contributed by atoms with Crippen molar-refractivity contribution in [3.63, 3.8) is 0 Å². The van der Waals surface area contributed by atoms with Crippen LogP contribution in [0.2, 0.25) is 0 Å². The van der Waals surface area contributed by atoms with Crippen molar-refractivity contribution >= 4 is 11.9 Å². The molecule has 0 aromatic rings. The van der Waals surface area contributed by atoms with E-state index in [1.807, 2.05) is 6.92 Å². The Bertz CT molecular complexity index is 314. The zero-order valence-electron chi connectivity index (χ0n) is 9.71. The molecular weight excluding hydrogens is 206 g/mol. The molecule has 2 saturated carbocycles. The van der Waals surface area contributed by atoms with Crippen LogP contribution in [0.1, 0.15) is 45.4 Å². The second kappa shape index (κ2) is 3.75. The molecule has 4 heteroatoms. The zero-order chi connectivity index (χ0) is 11.8. The normalized spacial score (nSPS) is 25.1. The van der Waals surface area contributed by atoms with E-state index < -0.39 is 11.4 Å². The number of hydrogen-bond acceptors (Lipinski definition) is 2. The summed E-state index contributed by atoms with van der Waals surface area (Å²) in [5.41, 5.74) is -0.904. The first kappa shape index (κ1) is 11.4. The molecule has 2 aliphatic rings. The van der Waals surface area contributed by atoms with E-state index in [1.165, 1.54) is 0 Å². The lowest BCUT2D eigenvalue weighted by molar-refractivity contribution is -0.143. The fraction of sp³-hybridized carbons (Fsp3) is 0.833. The number of carboxylic acid groups (broad SMARTS) is 1. The number of carbonyl (C=O) groups is 2. The first-order valence-corrected chi connectivity index (χ1v) is 6.00. The summed E-state index contributed by atoms with van der Waals surface area (Å²) in [4.78, 5) is 22.9. The molecule has 0 bridgehead atoms. The minimum absolute atomic E-state index is 0.0394. The van der Waals surface area contributed by atoms with Gasteiger partial charge in [-0.15, -0.1) is 0 Å². The first-order valence-electron chi connectivity index (χ1n) is 6.00. The number of amides is 1. The van der Waals surface area contributed by atoms with Gasteiger partial charge in [-0.25, -0.2) is 0 Å². The Morgan fingerprint density at radius 3 is 2.19 bits per heavy atom. The Balaban J connectivity index is 1.86. The summed E-state index contributed by atoms with van der Waals surface area (Å²) in [5.74, 6) is -0.734. The summed E-state index contributed by atoms with van der Waals surface area (Å²) in [7, 11) is 0. The van der Waals surface area contributed by atoms with E-state index in [0.717, 1.165) is 25.7 Å². The molecule has 90 valence electrons. The smallest absolute Gasteiger partial charge is 0.311 e. The van der Waals surface area contributed by atoms with Crippen LogP contribution in [0.4, 0.5) is 0 Å². The number of nitrogens with one attached hydrogen (secondary N) is 1. The molecule has 16 heavy (non-hydrogen) atoms. The Kier molecular flexibility index (Phi) is 2.68. The topological polar surface area (TPSA) is 66.4 Å². The van der Waals surface area contributed by atoms with Crippen molar-refractivity contribution in [2.24, 2.45) is 10.8 Å². The summed E-state index contributed by atoms with van der Waals surface area (Å²) in [6.45, 7) is 2.28. The van der Waals surface area contributed by atoms with Crippen LogP contribution in [-0.4, -0.2) is 23.5 Å². The summed E-state index contributed by atoms with van der Waals surface area (Å²) in [5, 5.41) is 11.8. The van der Waals surface area contributed by atoms with Gasteiger partial charge in [0.1, 0.15) is 0 Å². The molecule has 2 rings (SSSR count). The summed E-state index contributed by atoms with van der Waals surface area (Å²) >= 11 is 0. The van der Waals surface area contributed by atoms with Crippen LogP contribution in [0.25, 0.3) is 0 Å². The van der Waals surface area contributed by atoms with E-state index in [-0.39, 0.29) is 11.3 Å². The second-order valence-electron chi connectivity index (χ2n) is 5.54. The Hall–Kier alpha value is -1.06. The van der Waals surface area contributed by atoms with Crippen LogP contribution in [0.5, 0.6) is 0 Å². The van der Waals surface area contributed by atoms with Crippen molar-refractivity contribution in [2.45, 2.75) is 45.4 Å². The van der Waals surface area contributed by atoms with Gasteiger partial charge in [-0.2, -0.15) is 0 Å². The maximum absolute atomic E-state index is 12.0. The molecule has 4 nitrogen and oxygen atoms in total. The first-order chi connectivity index (χ1) is 7.49. The molecule has 0 atom stereocenters. The molecule has 0 radical (unpaired) electrons. The van der Waals surface area contributed by atoms with E-state index in [4.69, 9.17) is 5.11 Å². The molecule has 0 aliphatic heterocycles. The van der Waals surface area contributed by atoms with E-state index in [9.17, 15) is 9.59 Å². The number of carboxylic acids is 1. The lowest BCUT2D eigenvalue weighted by atomic mass is 9.87. The number of rotatable bonds is 4. The van der Waals surface area contributed by atoms with Crippen molar-refractivity contribution in [3.05, 3.63) is 0 Å². The quantitative estimate of drug-likeness (QED) is 0.762. The monoisotopic (exact) mass is 225 g/mol. The zero-order valence-corrected chi connectivity index (χ0v) is 9.71. The molecule has 2 N–H and O–H groups in total. The highest BCUT2D eigenvalue weighted by atomic mass is 16.4. The highest BCUT2D eigenvalue weighted by Gasteiger charge is 2.51. The molecule has 1 amide bonds. The van der Waals surface area contributed by atoms with E-state index in [2.05, 4.69) is 5.32 Å². The van der Waals surface area contributed by atoms with Gasteiger partial charge in [0.15, 0.2) is 0 Å². The van der Waals surface area contributed by atoms with E-state index in [1.54, 1.807) is 0 Å². The molecule has 2 aliphatic carbocycles. The van der Waals surface area contributed by atoms with Gasteiger partial charge in [0.05, 0.1) is 5.41 Å². The predicted octanol–water partition coefficient (Wildman–Crippen LogP) is 1.55. The summed E-state index contributed by atoms with van der Waals surface area (Å²) in [6, 6.07) is 0. The van der Waals surface area contributed by atoms with Gasteiger partial charge in [-0.1, -0.05) is 19.8 Å². The Labute approximate surface area is 95.4 Å². The van der Waals surface area contributed by atoms with Crippen molar-refractivity contribution in [3.8, 4) is 0 Å². The SMILES string of the molecule is CC1(C(=O)NCC2(C(=O)O)CC2)CCCC1. The van der Waals surface area contributed by atoms with Crippen molar-refractivity contribution in [1.29, 1.82) is 0 Å². The molecule has 0 heterocycles. The van der Waals surface area contributed by atoms with Crippen molar-refractivity contribution in [2.75, 3.05) is 6.54 Å². The molecule has 0 spiro atoms. The fourth-order valence-corrected chi connectivity index (χ4v) is 2.46. The van der Waals surface area contributed by atoms with Crippen LogP contribution < -0.4 is 5.32 Å². The van der Waals surface area contributed by atoms with Gasteiger partial charge in [0.25, 0.3) is 0 Å². The molecule has 2 fully saturated rings. The third-order valence-electron chi connectivity index (χ3n) is 4.15. The van der Waals surface area contributed by atoms with Crippen molar-refractivity contribution in [1.82, 2.24) is 5.32 Å². The predicted molar refractivity (Wildman–Crippen MR) is 58.9 cm³/mol. The third kappa shape index (κ3) is 1.93. The number of aliphatic carboxylic acids is 1. The lowest BCUT2D eigenvalue weighted by Crippen LogP contribution is -2.41. The highest BCUT2D eigenvalue weighted by molar-refractivity contribution is 5.84. The van der Waals surface area contributed by atoms with Gasteiger partial charge in [-0.05, 0) is 25.7 Å². The van der Waals surface area contributed by atoms with Gasteiger partial charge in [0, 0.05) is 12.0 Å². The average molecular weight is 225 g/mol.